The van der Waals surface area contributed by atoms with Gasteiger partial charge < -0.3 is 19.7 Å². The summed E-state index contributed by atoms with van der Waals surface area (Å²) in [6.07, 6.45) is 0.746. The zero-order valence-electron chi connectivity index (χ0n) is 9.98. The van der Waals surface area contributed by atoms with Gasteiger partial charge in [-0.3, -0.25) is 0 Å². The summed E-state index contributed by atoms with van der Waals surface area (Å²) in [5.74, 6) is 0.150. The van der Waals surface area contributed by atoms with Crippen LogP contribution in [0.4, 0.5) is 9.59 Å². The molecule has 1 unspecified atom stereocenters. The van der Waals surface area contributed by atoms with Gasteiger partial charge in [0, 0.05) is 13.1 Å². The highest BCUT2D eigenvalue weighted by molar-refractivity contribution is 5.69. The first-order valence-electron chi connectivity index (χ1n) is 5.56. The third-order valence-electron chi connectivity index (χ3n) is 2.30. The van der Waals surface area contributed by atoms with Gasteiger partial charge in [-0.25, -0.2) is 9.59 Å². The molecule has 0 spiro atoms. The van der Waals surface area contributed by atoms with Crippen molar-refractivity contribution >= 4 is 12.2 Å². The van der Waals surface area contributed by atoms with Gasteiger partial charge in [-0.1, -0.05) is 19.6 Å². The summed E-state index contributed by atoms with van der Waals surface area (Å²) in [7, 11) is 0. The molecule has 0 bridgehead atoms. The Morgan fingerprint density at radius 1 is 1.76 bits per heavy atom. The fourth-order valence-corrected chi connectivity index (χ4v) is 1.48. The van der Waals surface area contributed by atoms with Gasteiger partial charge in [-0.15, -0.1) is 0 Å². The zero-order valence-corrected chi connectivity index (χ0v) is 9.98. The zero-order chi connectivity index (χ0) is 12.7. The molecule has 1 saturated heterocycles. The first kappa shape index (κ1) is 13.3. The number of amides is 2. The predicted molar refractivity (Wildman–Crippen MR) is 61.6 cm³/mol. The minimum atomic E-state index is -0.472. The average molecular weight is 242 g/mol. The normalized spacial score (nSPS) is 16.3. The number of carbonyl (C=O) groups excluding carboxylic acids is 2. The van der Waals surface area contributed by atoms with Crippen molar-refractivity contribution in [2.45, 2.75) is 6.92 Å². The molecule has 1 heterocycles. The van der Waals surface area contributed by atoms with Crippen molar-refractivity contribution in [1.29, 1.82) is 0 Å². The minimum Gasteiger partial charge on any atom is -0.448 e. The standard InChI is InChI=1S/C11H18N2O4/c1-3-5-16-10(14)12-7-9(2)8-13-4-6-17-11(13)15/h3,9H,1,4-8H2,2H3,(H,12,14). The number of alkyl carbamates (subject to hydrolysis) is 1. The molecule has 1 fully saturated rings. The second-order valence-corrected chi connectivity index (χ2v) is 3.93. The Bertz CT molecular complexity index is 293. The van der Waals surface area contributed by atoms with Crippen LogP contribution in [-0.2, 0) is 9.47 Å². The smallest absolute Gasteiger partial charge is 0.409 e. The molecule has 1 atom stereocenters. The molecule has 1 aliphatic heterocycles. The van der Waals surface area contributed by atoms with E-state index >= 15 is 0 Å². The van der Waals surface area contributed by atoms with Crippen LogP contribution < -0.4 is 5.32 Å². The Hall–Kier alpha value is -1.72. The van der Waals surface area contributed by atoms with Crippen LogP contribution in [0.2, 0.25) is 0 Å². The van der Waals surface area contributed by atoms with E-state index in [0.29, 0.717) is 26.2 Å². The van der Waals surface area contributed by atoms with Gasteiger partial charge >= 0.3 is 12.2 Å². The Kier molecular flexibility index (Phi) is 5.32. The third-order valence-corrected chi connectivity index (χ3v) is 2.30. The van der Waals surface area contributed by atoms with Gasteiger partial charge in [-0.2, -0.15) is 0 Å². The summed E-state index contributed by atoms with van der Waals surface area (Å²) < 4.78 is 9.57. The van der Waals surface area contributed by atoms with Crippen LogP contribution >= 0.6 is 0 Å². The van der Waals surface area contributed by atoms with Gasteiger partial charge in [0.25, 0.3) is 0 Å². The van der Waals surface area contributed by atoms with Gasteiger partial charge in [-0.05, 0) is 5.92 Å². The van der Waals surface area contributed by atoms with E-state index in [1.807, 2.05) is 6.92 Å². The Morgan fingerprint density at radius 2 is 2.53 bits per heavy atom. The summed E-state index contributed by atoms with van der Waals surface area (Å²) in [5.41, 5.74) is 0. The number of nitrogens with one attached hydrogen (secondary N) is 1. The largest absolute Gasteiger partial charge is 0.448 e. The van der Waals surface area contributed by atoms with E-state index in [2.05, 4.69) is 11.9 Å². The van der Waals surface area contributed by atoms with E-state index in [9.17, 15) is 9.59 Å². The van der Waals surface area contributed by atoms with Crippen LogP contribution in [0.5, 0.6) is 0 Å². The number of ether oxygens (including phenoxy) is 2. The molecule has 2 amide bonds. The lowest BCUT2D eigenvalue weighted by Gasteiger charge is -2.18. The molecule has 0 saturated carbocycles. The minimum absolute atomic E-state index is 0.150. The van der Waals surface area contributed by atoms with Crippen molar-refractivity contribution in [3.05, 3.63) is 12.7 Å². The molecule has 0 aliphatic carbocycles. The fourth-order valence-electron chi connectivity index (χ4n) is 1.48. The van der Waals surface area contributed by atoms with Crippen molar-refractivity contribution in [2.75, 3.05) is 32.8 Å². The van der Waals surface area contributed by atoms with Crippen LogP contribution in [0.1, 0.15) is 6.92 Å². The van der Waals surface area contributed by atoms with E-state index in [4.69, 9.17) is 9.47 Å². The molecule has 0 radical (unpaired) electrons. The Morgan fingerprint density at radius 3 is 3.12 bits per heavy atom. The summed E-state index contributed by atoms with van der Waals surface area (Å²) in [6.45, 7) is 7.67. The predicted octanol–water partition coefficient (Wildman–Crippen LogP) is 0.987. The van der Waals surface area contributed by atoms with Gasteiger partial charge in [0.15, 0.2) is 0 Å². The molecular weight excluding hydrogens is 224 g/mol. The number of rotatable bonds is 6. The number of cyclic esters (lactones) is 1. The van der Waals surface area contributed by atoms with E-state index < -0.39 is 6.09 Å². The SMILES string of the molecule is C=CCOC(=O)NCC(C)CN1CCOC1=O. The summed E-state index contributed by atoms with van der Waals surface area (Å²) in [6, 6.07) is 0. The van der Waals surface area contributed by atoms with E-state index in [1.54, 1.807) is 4.90 Å². The fraction of sp³-hybridized carbons (Fsp3) is 0.636. The highest BCUT2D eigenvalue weighted by atomic mass is 16.6. The lowest BCUT2D eigenvalue weighted by atomic mass is 10.1. The van der Waals surface area contributed by atoms with Gasteiger partial charge in [0.1, 0.15) is 13.2 Å². The average Bonchev–Trinajstić information content (AvgIpc) is 2.69. The number of carbonyl (C=O) groups is 2. The molecule has 0 aromatic carbocycles. The van der Waals surface area contributed by atoms with Gasteiger partial charge in [0.2, 0.25) is 0 Å². The van der Waals surface area contributed by atoms with Crippen LogP contribution in [0.15, 0.2) is 12.7 Å². The first-order valence-corrected chi connectivity index (χ1v) is 5.56. The molecule has 0 aromatic rings. The highest BCUT2D eigenvalue weighted by Gasteiger charge is 2.23. The van der Waals surface area contributed by atoms with E-state index in [-0.39, 0.29) is 18.6 Å². The summed E-state index contributed by atoms with van der Waals surface area (Å²) >= 11 is 0. The number of nitrogens with zero attached hydrogens (tertiary/aromatic N) is 1. The topological polar surface area (TPSA) is 67.9 Å². The molecular formula is C11H18N2O4. The molecule has 6 nitrogen and oxygen atoms in total. The van der Waals surface area contributed by atoms with Crippen LogP contribution in [0, 0.1) is 5.92 Å². The summed E-state index contributed by atoms with van der Waals surface area (Å²) in [5, 5.41) is 2.62. The highest BCUT2D eigenvalue weighted by Crippen LogP contribution is 2.06. The maximum absolute atomic E-state index is 11.2. The van der Waals surface area contributed by atoms with Crippen molar-refractivity contribution < 1.29 is 19.1 Å². The first-order chi connectivity index (χ1) is 8.13. The molecule has 0 aromatic heterocycles. The number of hydrogen-bond donors (Lipinski definition) is 1. The van der Waals surface area contributed by atoms with Crippen LogP contribution in [0.3, 0.4) is 0 Å². The van der Waals surface area contributed by atoms with Gasteiger partial charge in [0.05, 0.1) is 6.54 Å². The maximum atomic E-state index is 11.2. The van der Waals surface area contributed by atoms with E-state index in [1.165, 1.54) is 6.08 Å². The van der Waals surface area contributed by atoms with Crippen LogP contribution in [0.25, 0.3) is 0 Å². The molecule has 1 N–H and O–H groups in total. The van der Waals surface area contributed by atoms with Crippen LogP contribution in [-0.4, -0.2) is 49.9 Å². The summed E-state index contributed by atoms with van der Waals surface area (Å²) in [4.78, 5) is 23.9. The van der Waals surface area contributed by atoms with Crippen molar-refractivity contribution in [2.24, 2.45) is 5.92 Å². The Balaban J connectivity index is 2.16. The van der Waals surface area contributed by atoms with Crippen molar-refractivity contribution in [3.63, 3.8) is 0 Å². The second-order valence-electron chi connectivity index (χ2n) is 3.93. The second kappa shape index (κ2) is 6.78. The lowest BCUT2D eigenvalue weighted by molar-refractivity contribution is 0.150. The molecule has 1 aliphatic rings. The van der Waals surface area contributed by atoms with Crippen molar-refractivity contribution in [3.8, 4) is 0 Å². The van der Waals surface area contributed by atoms with Crippen molar-refractivity contribution in [1.82, 2.24) is 10.2 Å². The molecule has 96 valence electrons. The molecule has 1 rings (SSSR count). The van der Waals surface area contributed by atoms with E-state index in [0.717, 1.165) is 0 Å². The monoisotopic (exact) mass is 242 g/mol. The quantitative estimate of drug-likeness (QED) is 0.705. The Labute approximate surface area is 101 Å². The third kappa shape index (κ3) is 4.76. The lowest BCUT2D eigenvalue weighted by Crippen LogP contribution is -2.36. The maximum Gasteiger partial charge on any atom is 0.409 e. The molecule has 6 heteroatoms. The number of hydrogen-bond acceptors (Lipinski definition) is 4. The molecule has 17 heavy (non-hydrogen) atoms.